The lowest BCUT2D eigenvalue weighted by Gasteiger charge is -2.13. The van der Waals surface area contributed by atoms with Gasteiger partial charge in [0.05, 0.1) is 22.2 Å². The molecule has 2 rings (SSSR count). The third-order valence-electron chi connectivity index (χ3n) is 2.98. The summed E-state index contributed by atoms with van der Waals surface area (Å²) in [7, 11) is 0. The zero-order valence-corrected chi connectivity index (χ0v) is 10.6. The second-order valence-corrected chi connectivity index (χ2v) is 4.78. The summed E-state index contributed by atoms with van der Waals surface area (Å²) in [6, 6.07) is 2.87. The number of benzene rings is 1. The zero-order valence-electron chi connectivity index (χ0n) is 9.85. The highest BCUT2D eigenvalue weighted by Gasteiger charge is 2.31. The fraction of sp³-hybridized carbons (Fsp3) is 0.417. The van der Waals surface area contributed by atoms with Crippen LogP contribution in [0, 0.1) is 5.92 Å². The lowest BCUT2D eigenvalue weighted by Crippen LogP contribution is -2.25. The second kappa shape index (κ2) is 5.38. The van der Waals surface area contributed by atoms with Crippen molar-refractivity contribution in [2.24, 2.45) is 5.92 Å². The molecule has 1 atom stereocenters. The number of rotatable bonds is 2. The minimum absolute atomic E-state index is 0.00612. The minimum Gasteiger partial charge on any atom is -0.324 e. The van der Waals surface area contributed by atoms with Crippen molar-refractivity contribution in [2.75, 3.05) is 18.4 Å². The molecular weight excluding hydrogens is 281 g/mol. The highest BCUT2D eigenvalue weighted by atomic mass is 35.5. The van der Waals surface area contributed by atoms with E-state index in [2.05, 4.69) is 10.6 Å². The number of anilines is 1. The smallest absolute Gasteiger partial charge is 0.324 e. The van der Waals surface area contributed by atoms with Gasteiger partial charge in [-0.25, -0.2) is 0 Å². The van der Waals surface area contributed by atoms with Crippen LogP contribution in [0.4, 0.5) is 18.9 Å². The van der Waals surface area contributed by atoms with Crippen LogP contribution in [0.1, 0.15) is 12.0 Å². The Kier molecular flexibility index (Phi) is 4.01. The quantitative estimate of drug-likeness (QED) is 0.880. The number of carbonyl (C=O) groups is 1. The van der Waals surface area contributed by atoms with E-state index in [0.717, 1.165) is 24.7 Å². The summed E-state index contributed by atoms with van der Waals surface area (Å²) in [6.45, 7) is 1.26. The summed E-state index contributed by atoms with van der Waals surface area (Å²) in [5, 5.41) is 5.56. The highest BCUT2D eigenvalue weighted by molar-refractivity contribution is 6.33. The van der Waals surface area contributed by atoms with Crippen LogP contribution in [0.15, 0.2) is 18.2 Å². The molecule has 0 aliphatic carbocycles. The number of alkyl halides is 3. The molecule has 7 heteroatoms. The molecule has 19 heavy (non-hydrogen) atoms. The van der Waals surface area contributed by atoms with Crippen molar-refractivity contribution in [2.45, 2.75) is 12.6 Å². The first-order valence-corrected chi connectivity index (χ1v) is 6.14. The molecule has 1 amide bonds. The predicted molar refractivity (Wildman–Crippen MR) is 66.1 cm³/mol. The van der Waals surface area contributed by atoms with Gasteiger partial charge in [0.1, 0.15) is 0 Å². The molecule has 0 saturated carbocycles. The molecule has 1 aromatic rings. The average molecular weight is 293 g/mol. The third-order valence-corrected chi connectivity index (χ3v) is 3.31. The molecule has 1 saturated heterocycles. The van der Waals surface area contributed by atoms with Gasteiger partial charge in [0, 0.05) is 6.54 Å². The van der Waals surface area contributed by atoms with E-state index in [1.807, 2.05) is 0 Å². The van der Waals surface area contributed by atoms with E-state index in [1.54, 1.807) is 0 Å². The summed E-state index contributed by atoms with van der Waals surface area (Å²) in [4.78, 5) is 11.8. The second-order valence-electron chi connectivity index (χ2n) is 4.37. The Morgan fingerprint density at radius 3 is 2.74 bits per heavy atom. The fourth-order valence-electron chi connectivity index (χ4n) is 1.91. The van der Waals surface area contributed by atoms with Crippen LogP contribution in [-0.2, 0) is 11.0 Å². The molecule has 1 unspecified atom stereocenters. The van der Waals surface area contributed by atoms with Gasteiger partial charge in [-0.2, -0.15) is 13.2 Å². The first-order chi connectivity index (χ1) is 8.88. The minimum atomic E-state index is -4.46. The van der Waals surface area contributed by atoms with E-state index < -0.39 is 11.7 Å². The van der Waals surface area contributed by atoms with Crippen molar-refractivity contribution >= 4 is 23.2 Å². The Morgan fingerprint density at radius 2 is 2.16 bits per heavy atom. The monoisotopic (exact) mass is 292 g/mol. The predicted octanol–water partition coefficient (Wildman–Crippen LogP) is 2.91. The molecule has 1 aromatic carbocycles. The summed E-state index contributed by atoms with van der Waals surface area (Å²) in [6.07, 6.45) is -3.79. The molecular formula is C12H12ClF3N2O. The van der Waals surface area contributed by atoms with Crippen LogP contribution < -0.4 is 10.6 Å². The van der Waals surface area contributed by atoms with E-state index >= 15 is 0 Å². The lowest BCUT2D eigenvalue weighted by molar-refractivity contribution is -0.137. The number of hydrogen-bond donors (Lipinski definition) is 2. The van der Waals surface area contributed by atoms with Gasteiger partial charge in [0.2, 0.25) is 5.91 Å². The number of halogens is 4. The summed E-state index contributed by atoms with van der Waals surface area (Å²) in [5.41, 5.74) is -0.842. The van der Waals surface area contributed by atoms with Gasteiger partial charge in [-0.1, -0.05) is 11.6 Å². The summed E-state index contributed by atoms with van der Waals surface area (Å²) in [5.74, 6) is -0.545. The Balaban J connectivity index is 2.17. The Labute approximate surface area is 113 Å². The van der Waals surface area contributed by atoms with Crippen LogP contribution >= 0.6 is 11.6 Å². The third kappa shape index (κ3) is 3.39. The number of carbonyl (C=O) groups excluding carboxylic acids is 1. The standard InChI is InChI=1S/C12H12ClF3N2O/c13-9-2-1-8(12(14,15)16)5-10(9)18-11(19)7-3-4-17-6-7/h1-2,5,7,17H,3-4,6H2,(H,18,19). The maximum Gasteiger partial charge on any atom is 0.416 e. The fourth-order valence-corrected chi connectivity index (χ4v) is 2.08. The number of nitrogens with one attached hydrogen (secondary N) is 2. The van der Waals surface area contributed by atoms with Crippen LogP contribution in [0.2, 0.25) is 5.02 Å². The van der Waals surface area contributed by atoms with Crippen LogP contribution in [0.3, 0.4) is 0 Å². The van der Waals surface area contributed by atoms with Gasteiger partial charge in [-0.15, -0.1) is 0 Å². The molecule has 3 nitrogen and oxygen atoms in total. The SMILES string of the molecule is O=C(Nc1cc(C(F)(F)F)ccc1Cl)C1CCNC1. The summed E-state index contributed by atoms with van der Waals surface area (Å²) >= 11 is 5.80. The molecule has 0 spiro atoms. The van der Waals surface area contributed by atoms with Crippen molar-refractivity contribution in [1.82, 2.24) is 5.32 Å². The molecule has 0 radical (unpaired) electrons. The average Bonchev–Trinajstić information content (AvgIpc) is 2.84. The van der Waals surface area contributed by atoms with Gasteiger partial charge in [0.25, 0.3) is 0 Å². The van der Waals surface area contributed by atoms with Crippen molar-refractivity contribution in [1.29, 1.82) is 0 Å². The normalized spacial score (nSPS) is 19.5. The molecule has 1 aliphatic rings. The Hall–Kier alpha value is -1.27. The van der Waals surface area contributed by atoms with E-state index in [1.165, 1.54) is 0 Å². The molecule has 1 aliphatic heterocycles. The summed E-state index contributed by atoms with van der Waals surface area (Å²) < 4.78 is 37.7. The van der Waals surface area contributed by atoms with Gasteiger partial charge in [-0.05, 0) is 31.2 Å². The molecule has 0 aromatic heterocycles. The van der Waals surface area contributed by atoms with Crippen LogP contribution in [0.25, 0.3) is 0 Å². The Bertz CT molecular complexity index is 484. The molecule has 0 bridgehead atoms. The van der Waals surface area contributed by atoms with Gasteiger partial charge < -0.3 is 10.6 Å². The number of hydrogen-bond acceptors (Lipinski definition) is 2. The van der Waals surface area contributed by atoms with Crippen LogP contribution in [-0.4, -0.2) is 19.0 Å². The van der Waals surface area contributed by atoms with Crippen LogP contribution in [0.5, 0.6) is 0 Å². The maximum atomic E-state index is 12.6. The first-order valence-electron chi connectivity index (χ1n) is 5.76. The maximum absolute atomic E-state index is 12.6. The van der Waals surface area contributed by atoms with Gasteiger partial charge >= 0.3 is 6.18 Å². The molecule has 2 N–H and O–H groups in total. The molecule has 1 heterocycles. The van der Waals surface area contributed by atoms with Crippen molar-refractivity contribution in [3.8, 4) is 0 Å². The topological polar surface area (TPSA) is 41.1 Å². The van der Waals surface area contributed by atoms with Gasteiger partial charge in [0.15, 0.2) is 0 Å². The van der Waals surface area contributed by atoms with E-state index in [4.69, 9.17) is 11.6 Å². The van der Waals surface area contributed by atoms with Gasteiger partial charge in [-0.3, -0.25) is 4.79 Å². The number of amides is 1. The molecule has 104 valence electrons. The largest absolute Gasteiger partial charge is 0.416 e. The first kappa shape index (κ1) is 14.1. The van der Waals surface area contributed by atoms with Crippen molar-refractivity contribution in [3.63, 3.8) is 0 Å². The van der Waals surface area contributed by atoms with E-state index in [9.17, 15) is 18.0 Å². The van der Waals surface area contributed by atoms with Crippen molar-refractivity contribution < 1.29 is 18.0 Å². The molecule has 1 fully saturated rings. The van der Waals surface area contributed by atoms with E-state index in [-0.39, 0.29) is 22.5 Å². The lowest BCUT2D eigenvalue weighted by atomic mass is 10.1. The van der Waals surface area contributed by atoms with Crippen molar-refractivity contribution in [3.05, 3.63) is 28.8 Å². The highest BCUT2D eigenvalue weighted by Crippen LogP contribution is 2.34. The van der Waals surface area contributed by atoms with E-state index in [0.29, 0.717) is 13.0 Å². The zero-order chi connectivity index (χ0) is 14.0. The Morgan fingerprint density at radius 1 is 1.42 bits per heavy atom.